The summed E-state index contributed by atoms with van der Waals surface area (Å²) in [4.78, 5) is 51.0. The van der Waals surface area contributed by atoms with Gasteiger partial charge in [-0.1, -0.05) is 54.9 Å². The highest BCUT2D eigenvalue weighted by Crippen LogP contribution is 2.27. The third kappa shape index (κ3) is 6.45. The molecule has 2 amide bonds. The van der Waals surface area contributed by atoms with Crippen molar-refractivity contribution >= 4 is 51.6 Å². The van der Waals surface area contributed by atoms with Crippen molar-refractivity contribution < 1.29 is 23.9 Å². The van der Waals surface area contributed by atoms with Gasteiger partial charge in [-0.25, -0.2) is 4.79 Å². The molecule has 182 valence electrons. The predicted octanol–water partition coefficient (Wildman–Crippen LogP) is 4.82. The molecule has 0 aliphatic carbocycles. The fourth-order valence-corrected chi connectivity index (χ4v) is 3.67. The van der Waals surface area contributed by atoms with E-state index < -0.39 is 35.6 Å². The van der Waals surface area contributed by atoms with Gasteiger partial charge in [0.25, 0.3) is 0 Å². The van der Waals surface area contributed by atoms with Crippen LogP contribution in [0.1, 0.15) is 49.5 Å². The van der Waals surface area contributed by atoms with Gasteiger partial charge in [0.2, 0.25) is 17.6 Å². The topological polar surface area (TPSA) is 107 Å². The number of amides is 2. The summed E-state index contributed by atoms with van der Waals surface area (Å²) in [6, 6.07) is 17.9. The van der Waals surface area contributed by atoms with Crippen molar-refractivity contribution in [2.75, 3.05) is 4.90 Å². The number of ketones is 1. The number of Topliss-reactive ketones (excluding diaryl/α,β-unsaturated/α-hetero) is 1. The van der Waals surface area contributed by atoms with Crippen LogP contribution in [-0.4, -0.2) is 29.2 Å². The third-order valence-electron chi connectivity index (χ3n) is 5.75. The number of benzene rings is 3. The lowest BCUT2D eigenvalue weighted by Crippen LogP contribution is -2.36. The van der Waals surface area contributed by atoms with Crippen molar-refractivity contribution in [3.8, 4) is 0 Å². The van der Waals surface area contributed by atoms with Crippen LogP contribution >= 0.6 is 11.6 Å². The SMILES string of the molecule is CCC(C)(C)OC(=O)C(=O)CC(=O)N(Cc1ccc2ccccc2c1)c1ccc(C(N)=O)c(Cl)c1. The standard InChI is InChI=1S/C27H27ClN2O5/c1-4-27(2,3)35-26(34)23(31)15-24(32)30(20-11-12-21(25(29)33)22(28)14-20)16-17-9-10-18-7-5-6-8-19(18)13-17/h5-14H,4,15-16H2,1-3H3,(H2,29,33). The Labute approximate surface area is 208 Å². The van der Waals surface area contributed by atoms with Gasteiger partial charge in [0.15, 0.2) is 0 Å². The maximum Gasteiger partial charge on any atom is 0.375 e. The van der Waals surface area contributed by atoms with Crippen LogP contribution in [0.5, 0.6) is 0 Å². The number of hydrogen-bond acceptors (Lipinski definition) is 5. The van der Waals surface area contributed by atoms with Crippen molar-refractivity contribution in [3.05, 3.63) is 76.8 Å². The van der Waals surface area contributed by atoms with Gasteiger partial charge < -0.3 is 15.4 Å². The molecule has 0 radical (unpaired) electrons. The van der Waals surface area contributed by atoms with E-state index in [0.29, 0.717) is 12.1 Å². The molecule has 35 heavy (non-hydrogen) atoms. The number of primary amides is 1. The summed E-state index contributed by atoms with van der Waals surface area (Å²) in [5.41, 5.74) is 5.78. The zero-order valence-corrected chi connectivity index (χ0v) is 20.6. The van der Waals surface area contributed by atoms with Gasteiger partial charge in [0.1, 0.15) is 5.60 Å². The molecule has 0 atom stereocenters. The maximum absolute atomic E-state index is 13.3. The summed E-state index contributed by atoms with van der Waals surface area (Å²) in [7, 11) is 0. The number of ether oxygens (including phenoxy) is 1. The molecule has 0 saturated carbocycles. The first-order chi connectivity index (χ1) is 16.5. The summed E-state index contributed by atoms with van der Waals surface area (Å²) < 4.78 is 5.23. The van der Waals surface area contributed by atoms with Gasteiger partial charge in [-0.15, -0.1) is 0 Å². The van der Waals surface area contributed by atoms with Crippen LogP contribution in [0.15, 0.2) is 60.7 Å². The molecule has 0 aromatic heterocycles. The Balaban J connectivity index is 1.91. The van der Waals surface area contributed by atoms with Gasteiger partial charge >= 0.3 is 5.97 Å². The van der Waals surface area contributed by atoms with Gasteiger partial charge in [-0.05, 0) is 60.9 Å². The zero-order chi connectivity index (χ0) is 25.8. The van der Waals surface area contributed by atoms with Crippen LogP contribution in [0.4, 0.5) is 5.69 Å². The largest absolute Gasteiger partial charge is 0.454 e. The molecule has 0 saturated heterocycles. The smallest absolute Gasteiger partial charge is 0.375 e. The second kappa shape index (κ2) is 10.7. The highest BCUT2D eigenvalue weighted by Gasteiger charge is 2.29. The quantitative estimate of drug-likeness (QED) is 0.261. The molecule has 3 aromatic rings. The van der Waals surface area contributed by atoms with E-state index in [0.717, 1.165) is 16.3 Å². The monoisotopic (exact) mass is 494 g/mol. The molecule has 0 fully saturated rings. The lowest BCUT2D eigenvalue weighted by atomic mass is 10.1. The van der Waals surface area contributed by atoms with Crippen LogP contribution in [0, 0.1) is 0 Å². The van der Waals surface area contributed by atoms with E-state index in [4.69, 9.17) is 22.1 Å². The number of halogens is 1. The highest BCUT2D eigenvalue weighted by molar-refractivity contribution is 6.38. The molecule has 0 heterocycles. The number of rotatable bonds is 9. The first kappa shape index (κ1) is 25.9. The van der Waals surface area contributed by atoms with Crippen molar-refractivity contribution in [1.82, 2.24) is 0 Å². The highest BCUT2D eigenvalue weighted by atomic mass is 35.5. The molecule has 0 bridgehead atoms. The van der Waals surface area contributed by atoms with E-state index in [9.17, 15) is 19.2 Å². The van der Waals surface area contributed by atoms with Crippen molar-refractivity contribution in [1.29, 1.82) is 0 Å². The number of nitrogens with zero attached hydrogens (tertiary/aromatic N) is 1. The number of anilines is 1. The molecule has 0 unspecified atom stereocenters. The van der Waals surface area contributed by atoms with Crippen LogP contribution in [-0.2, 0) is 25.7 Å². The first-order valence-electron chi connectivity index (χ1n) is 11.1. The second-order valence-electron chi connectivity index (χ2n) is 8.79. The van der Waals surface area contributed by atoms with Crippen LogP contribution in [0.25, 0.3) is 10.8 Å². The van der Waals surface area contributed by atoms with E-state index in [1.54, 1.807) is 13.8 Å². The number of fused-ring (bicyclic) bond motifs is 1. The molecule has 8 heteroatoms. The lowest BCUT2D eigenvalue weighted by Gasteiger charge is -2.25. The van der Waals surface area contributed by atoms with Crippen LogP contribution in [0.3, 0.4) is 0 Å². The van der Waals surface area contributed by atoms with E-state index in [1.807, 2.05) is 49.4 Å². The number of hydrogen-bond donors (Lipinski definition) is 1. The van der Waals surface area contributed by atoms with Crippen LogP contribution in [0.2, 0.25) is 5.02 Å². The molecule has 2 N–H and O–H groups in total. The lowest BCUT2D eigenvalue weighted by molar-refractivity contribution is -0.164. The van der Waals surface area contributed by atoms with E-state index in [2.05, 4.69) is 0 Å². The van der Waals surface area contributed by atoms with Gasteiger partial charge in [-0.3, -0.25) is 14.4 Å². The zero-order valence-electron chi connectivity index (χ0n) is 19.8. The first-order valence-corrected chi connectivity index (χ1v) is 11.5. The Bertz CT molecular complexity index is 1300. The van der Waals surface area contributed by atoms with Crippen molar-refractivity contribution in [2.45, 2.75) is 45.8 Å². The summed E-state index contributed by atoms with van der Waals surface area (Å²) in [5.74, 6) is -3.32. The Morgan fingerprint density at radius 1 is 0.971 bits per heavy atom. The third-order valence-corrected chi connectivity index (χ3v) is 6.06. The fourth-order valence-electron chi connectivity index (χ4n) is 3.40. The van der Waals surface area contributed by atoms with Crippen LogP contribution < -0.4 is 10.6 Å². The number of nitrogens with two attached hydrogens (primary N) is 1. The maximum atomic E-state index is 13.3. The minimum absolute atomic E-state index is 0.0711. The molecular formula is C27H27ClN2O5. The molecule has 0 spiro atoms. The van der Waals surface area contributed by atoms with Gasteiger partial charge in [-0.2, -0.15) is 0 Å². The van der Waals surface area contributed by atoms with Crippen molar-refractivity contribution in [3.63, 3.8) is 0 Å². The molecule has 0 aliphatic rings. The van der Waals surface area contributed by atoms with Gasteiger partial charge in [0.05, 0.1) is 23.6 Å². The molecule has 7 nitrogen and oxygen atoms in total. The fraction of sp³-hybridized carbons (Fsp3) is 0.259. The summed E-state index contributed by atoms with van der Waals surface area (Å²) in [6.07, 6.45) is -0.167. The molecule has 3 rings (SSSR count). The van der Waals surface area contributed by atoms with Crippen molar-refractivity contribution in [2.24, 2.45) is 5.73 Å². The Hall–Kier alpha value is -3.71. The Kier molecular flexibility index (Phi) is 7.92. The minimum atomic E-state index is -1.06. The number of esters is 1. The normalized spacial score (nSPS) is 11.2. The van der Waals surface area contributed by atoms with E-state index in [1.165, 1.54) is 23.1 Å². The van der Waals surface area contributed by atoms with E-state index in [-0.39, 0.29) is 17.1 Å². The average molecular weight is 495 g/mol. The van der Waals surface area contributed by atoms with Gasteiger partial charge in [0, 0.05) is 5.69 Å². The molecule has 3 aromatic carbocycles. The summed E-state index contributed by atoms with van der Waals surface area (Å²) in [6.45, 7) is 5.31. The predicted molar refractivity (Wildman–Crippen MR) is 135 cm³/mol. The number of carbonyl (C=O) groups is 4. The minimum Gasteiger partial charge on any atom is -0.454 e. The molecule has 0 aliphatic heterocycles. The molecular weight excluding hydrogens is 468 g/mol. The summed E-state index contributed by atoms with van der Waals surface area (Å²) in [5, 5.41) is 2.10. The number of carbonyl (C=O) groups excluding carboxylic acids is 4. The average Bonchev–Trinajstić information content (AvgIpc) is 2.81. The Morgan fingerprint density at radius 3 is 2.29 bits per heavy atom. The second-order valence-corrected chi connectivity index (χ2v) is 9.20. The van der Waals surface area contributed by atoms with E-state index >= 15 is 0 Å². The Morgan fingerprint density at radius 2 is 1.66 bits per heavy atom. The summed E-state index contributed by atoms with van der Waals surface area (Å²) >= 11 is 6.22.